The second-order valence-electron chi connectivity index (χ2n) is 17.1. The van der Waals surface area contributed by atoms with Crippen LogP contribution in [0.3, 0.4) is 0 Å². The van der Waals surface area contributed by atoms with Crippen LogP contribution in [-0.4, -0.2) is 29.1 Å². The summed E-state index contributed by atoms with van der Waals surface area (Å²) in [4.78, 5) is 20.5. The third-order valence-electron chi connectivity index (χ3n) is 12.9. The molecule has 13 rings (SSSR count). The van der Waals surface area contributed by atoms with E-state index >= 15 is 0 Å². The molecule has 318 valence electrons. The van der Waals surface area contributed by atoms with Crippen LogP contribution in [0.5, 0.6) is 0 Å². The van der Waals surface area contributed by atoms with E-state index in [1.807, 2.05) is 48.5 Å². The maximum Gasteiger partial charge on any atom is 0.160 e. The molecule has 0 atom stereocenters. The summed E-state index contributed by atoms with van der Waals surface area (Å²) in [6.07, 6.45) is 0. The molecule has 0 unspecified atom stereocenters. The van der Waals surface area contributed by atoms with Gasteiger partial charge in [0.2, 0.25) is 0 Å². The molecule has 13 aromatic rings. The van der Waals surface area contributed by atoms with E-state index < -0.39 is 0 Å². The van der Waals surface area contributed by atoms with Crippen molar-refractivity contribution in [3.8, 4) is 79.2 Å². The third kappa shape index (κ3) is 6.82. The van der Waals surface area contributed by atoms with E-state index in [4.69, 9.17) is 19.9 Å². The summed E-state index contributed by atoms with van der Waals surface area (Å²) in [5.74, 6) is 1.39. The fourth-order valence-electron chi connectivity index (χ4n) is 9.73. The van der Waals surface area contributed by atoms with Gasteiger partial charge in [-0.15, -0.1) is 0 Å². The fourth-order valence-corrected chi connectivity index (χ4v) is 9.73. The third-order valence-corrected chi connectivity index (χ3v) is 12.9. The fraction of sp³-hybridized carbons (Fsp3) is 0. The van der Waals surface area contributed by atoms with Crippen molar-refractivity contribution >= 4 is 43.6 Å². The summed E-state index contributed by atoms with van der Waals surface area (Å²) < 4.78 is 4.81. The van der Waals surface area contributed by atoms with E-state index in [2.05, 4.69) is 203 Å². The summed E-state index contributed by atoms with van der Waals surface area (Å²) in [7, 11) is 0. The molecule has 0 N–H and O–H groups in total. The molecule has 0 saturated carbocycles. The zero-order valence-electron chi connectivity index (χ0n) is 36.8. The molecule has 9 aromatic carbocycles. The Labute approximate surface area is 392 Å². The number of aromatic nitrogens is 6. The van der Waals surface area contributed by atoms with Gasteiger partial charge in [-0.05, 0) is 60.7 Å². The van der Waals surface area contributed by atoms with Crippen LogP contribution in [0.2, 0.25) is 0 Å². The molecule has 0 aliphatic carbocycles. The van der Waals surface area contributed by atoms with E-state index in [-0.39, 0.29) is 0 Å². The lowest BCUT2D eigenvalue weighted by Gasteiger charge is -2.13. The highest BCUT2D eigenvalue weighted by molar-refractivity contribution is 6.19. The van der Waals surface area contributed by atoms with Crippen molar-refractivity contribution in [2.24, 2.45) is 0 Å². The minimum atomic E-state index is 0.694. The molecular weight excluding hydrogens is 829 g/mol. The Hall–Kier alpha value is -9.26. The number of rotatable bonds is 8. The Bertz CT molecular complexity index is 3630. The average Bonchev–Trinajstić information content (AvgIpc) is 3.93. The smallest absolute Gasteiger partial charge is 0.160 e. The van der Waals surface area contributed by atoms with Crippen LogP contribution in [0.1, 0.15) is 0 Å². The monoisotopic (exact) mass is 868 g/mol. The van der Waals surface area contributed by atoms with Crippen molar-refractivity contribution in [2.75, 3.05) is 0 Å². The normalized spacial score (nSPS) is 11.5. The standard InChI is InChI=1S/C62H40N6/c1-5-19-41(20-6-1)53-39-55(65-61(63-53)43-23-9-3-10-24-43)45-27-17-29-47(35-45)67-57-33-15-13-31-49(57)51-38-60-52(37-59(51)67)50-32-14-16-34-58(50)68(60)48-30-18-28-46(36-48)56-40-54(42-21-7-2-8-22-42)64-62(66-56)44-25-11-4-12-26-44/h1-40H. The van der Waals surface area contributed by atoms with Crippen LogP contribution in [-0.2, 0) is 0 Å². The quantitative estimate of drug-likeness (QED) is 0.153. The highest BCUT2D eigenvalue weighted by atomic mass is 15.0. The van der Waals surface area contributed by atoms with Crippen LogP contribution in [0.15, 0.2) is 243 Å². The Morgan fingerprint density at radius 3 is 0.941 bits per heavy atom. The first-order chi connectivity index (χ1) is 33.7. The minimum Gasteiger partial charge on any atom is -0.309 e. The van der Waals surface area contributed by atoms with Gasteiger partial charge in [-0.25, -0.2) is 19.9 Å². The maximum atomic E-state index is 5.18. The Kier molecular flexibility index (Phi) is 9.39. The lowest BCUT2D eigenvalue weighted by molar-refractivity contribution is 1.16. The Morgan fingerprint density at radius 1 is 0.221 bits per heavy atom. The number of para-hydroxylation sites is 2. The predicted octanol–water partition coefficient (Wildman–Crippen LogP) is 15.5. The van der Waals surface area contributed by atoms with Gasteiger partial charge in [0.1, 0.15) is 0 Å². The molecule has 0 aliphatic rings. The minimum absolute atomic E-state index is 0.694. The zero-order valence-corrected chi connectivity index (χ0v) is 36.8. The molecule has 6 heteroatoms. The molecule has 0 radical (unpaired) electrons. The first-order valence-electron chi connectivity index (χ1n) is 22.9. The van der Waals surface area contributed by atoms with Crippen molar-refractivity contribution in [2.45, 2.75) is 0 Å². The first-order valence-corrected chi connectivity index (χ1v) is 22.9. The van der Waals surface area contributed by atoms with E-state index in [0.29, 0.717) is 11.6 Å². The molecule has 4 heterocycles. The molecular formula is C62H40N6. The maximum absolute atomic E-state index is 5.18. The van der Waals surface area contributed by atoms with Crippen molar-refractivity contribution in [3.63, 3.8) is 0 Å². The summed E-state index contributed by atoms with van der Waals surface area (Å²) in [5.41, 5.74) is 16.2. The van der Waals surface area contributed by atoms with E-state index in [1.54, 1.807) is 0 Å². The largest absolute Gasteiger partial charge is 0.309 e. The van der Waals surface area contributed by atoms with Gasteiger partial charge >= 0.3 is 0 Å². The lowest BCUT2D eigenvalue weighted by Crippen LogP contribution is -1.98. The Morgan fingerprint density at radius 2 is 0.544 bits per heavy atom. The van der Waals surface area contributed by atoms with Crippen molar-refractivity contribution in [1.82, 2.24) is 29.1 Å². The van der Waals surface area contributed by atoms with Crippen LogP contribution < -0.4 is 0 Å². The molecule has 0 bridgehead atoms. The topological polar surface area (TPSA) is 61.4 Å². The molecule has 0 spiro atoms. The zero-order chi connectivity index (χ0) is 45.0. The number of hydrogen-bond acceptors (Lipinski definition) is 4. The molecule has 0 amide bonds. The second kappa shape index (κ2) is 16.3. The predicted molar refractivity (Wildman–Crippen MR) is 279 cm³/mol. The van der Waals surface area contributed by atoms with Gasteiger partial charge in [0, 0.05) is 66.3 Å². The second-order valence-corrected chi connectivity index (χ2v) is 17.1. The average molecular weight is 869 g/mol. The molecule has 4 aromatic heterocycles. The number of benzene rings is 9. The molecule has 0 fully saturated rings. The number of hydrogen-bond donors (Lipinski definition) is 0. The summed E-state index contributed by atoms with van der Waals surface area (Å²) >= 11 is 0. The van der Waals surface area contributed by atoms with Gasteiger partial charge in [-0.1, -0.05) is 182 Å². The number of nitrogens with zero attached hydrogens (tertiary/aromatic N) is 6. The van der Waals surface area contributed by atoms with E-state index in [9.17, 15) is 0 Å². The summed E-state index contributed by atoms with van der Waals surface area (Å²) in [6, 6.07) is 85.1. The van der Waals surface area contributed by atoms with E-state index in [0.717, 1.165) is 89.6 Å². The van der Waals surface area contributed by atoms with Crippen molar-refractivity contribution in [3.05, 3.63) is 243 Å². The first kappa shape index (κ1) is 39.1. The van der Waals surface area contributed by atoms with Crippen LogP contribution in [0.4, 0.5) is 0 Å². The highest BCUT2D eigenvalue weighted by Crippen LogP contribution is 2.41. The molecule has 0 aliphatic heterocycles. The highest BCUT2D eigenvalue weighted by Gasteiger charge is 2.20. The SMILES string of the molecule is c1ccc(-c2cc(-c3cccc(-n4c5ccccc5c5cc6c(cc54)c4ccccc4n6-c4cccc(-c5cc(-c6ccccc6)nc(-c6ccccc6)n5)c4)c3)nc(-c3ccccc3)n2)cc1. The van der Waals surface area contributed by atoms with Gasteiger partial charge in [0.05, 0.1) is 44.8 Å². The van der Waals surface area contributed by atoms with Gasteiger partial charge in [-0.3, -0.25) is 0 Å². The van der Waals surface area contributed by atoms with E-state index in [1.165, 1.54) is 21.5 Å². The van der Waals surface area contributed by atoms with Crippen LogP contribution >= 0.6 is 0 Å². The van der Waals surface area contributed by atoms with Crippen LogP contribution in [0.25, 0.3) is 123 Å². The summed E-state index contributed by atoms with van der Waals surface area (Å²) in [5, 5.41) is 4.72. The van der Waals surface area contributed by atoms with Gasteiger partial charge < -0.3 is 9.13 Å². The molecule has 6 nitrogen and oxygen atoms in total. The van der Waals surface area contributed by atoms with Crippen molar-refractivity contribution in [1.29, 1.82) is 0 Å². The lowest BCUT2D eigenvalue weighted by atomic mass is 10.1. The van der Waals surface area contributed by atoms with Crippen molar-refractivity contribution < 1.29 is 0 Å². The Balaban J connectivity index is 0.979. The summed E-state index contributed by atoms with van der Waals surface area (Å²) in [6.45, 7) is 0. The number of fused-ring (bicyclic) bond motifs is 6. The van der Waals surface area contributed by atoms with Gasteiger partial charge in [0.15, 0.2) is 11.6 Å². The van der Waals surface area contributed by atoms with Gasteiger partial charge in [0.25, 0.3) is 0 Å². The molecule has 68 heavy (non-hydrogen) atoms. The molecule has 0 saturated heterocycles. The van der Waals surface area contributed by atoms with Gasteiger partial charge in [-0.2, -0.15) is 0 Å². The van der Waals surface area contributed by atoms with Crippen LogP contribution in [0, 0.1) is 0 Å².